The molecule has 1 aromatic heterocycles. The summed E-state index contributed by atoms with van der Waals surface area (Å²) in [5.41, 5.74) is 15.0. The number of hydrogen-bond acceptors (Lipinski definition) is 0. The van der Waals surface area contributed by atoms with E-state index >= 15 is 0 Å². The Morgan fingerprint density at radius 3 is 1.35 bits per heavy atom. The molecule has 0 N–H and O–H groups in total. The second-order valence-corrected chi connectivity index (χ2v) is 15.7. The molecule has 1 heterocycles. The fourth-order valence-corrected chi connectivity index (χ4v) is 8.60. The van der Waals surface area contributed by atoms with Gasteiger partial charge in [0.15, 0.2) is 0 Å². The quantitative estimate of drug-likeness (QED) is 0.157. The first-order valence-corrected chi connectivity index (χ1v) is 19.3. The summed E-state index contributed by atoms with van der Waals surface area (Å²) in [6.45, 7) is 6.79. The summed E-state index contributed by atoms with van der Waals surface area (Å²) in [5, 5.41) is 7.59. The van der Waals surface area contributed by atoms with Crippen LogP contribution in [-0.2, 0) is 5.41 Å². The third-order valence-electron chi connectivity index (χ3n) is 11.4. The van der Waals surface area contributed by atoms with Crippen LogP contribution in [0.25, 0.3) is 93.5 Å². The van der Waals surface area contributed by atoms with Gasteiger partial charge in [0.2, 0.25) is 0 Å². The van der Waals surface area contributed by atoms with Crippen molar-refractivity contribution in [3.8, 4) is 50.2 Å². The molecule has 262 valence electrons. The molecule has 1 nitrogen and oxygen atoms in total. The molecule has 9 aromatic carbocycles. The lowest BCUT2D eigenvalue weighted by molar-refractivity contribution is 0.590. The van der Waals surface area contributed by atoms with Crippen molar-refractivity contribution in [2.45, 2.75) is 26.2 Å². The van der Waals surface area contributed by atoms with E-state index in [4.69, 9.17) is 0 Å². The van der Waals surface area contributed by atoms with E-state index in [2.05, 4.69) is 219 Å². The van der Waals surface area contributed by atoms with E-state index in [-0.39, 0.29) is 5.41 Å². The fraction of sp³-hybridized carbons (Fsp3) is 0.0741. The highest BCUT2D eigenvalue weighted by Gasteiger charge is 2.18. The minimum absolute atomic E-state index is 0.135. The molecule has 0 aliphatic rings. The molecule has 1 heteroatoms. The minimum Gasteiger partial charge on any atom is -0.309 e. The third-order valence-corrected chi connectivity index (χ3v) is 11.4. The molecule has 0 unspecified atom stereocenters. The number of para-hydroxylation sites is 1. The van der Waals surface area contributed by atoms with Gasteiger partial charge in [-0.25, -0.2) is 0 Å². The first kappa shape index (κ1) is 32.9. The lowest BCUT2D eigenvalue weighted by Gasteiger charge is -2.19. The van der Waals surface area contributed by atoms with Crippen LogP contribution in [0, 0.1) is 0 Å². The topological polar surface area (TPSA) is 4.93 Å². The largest absolute Gasteiger partial charge is 0.309 e. The molecule has 0 bridgehead atoms. The first-order valence-electron chi connectivity index (χ1n) is 19.3. The summed E-state index contributed by atoms with van der Waals surface area (Å²) < 4.78 is 2.42. The van der Waals surface area contributed by atoms with Crippen LogP contribution in [0.15, 0.2) is 194 Å². The fourth-order valence-electron chi connectivity index (χ4n) is 8.60. The molecule has 0 saturated heterocycles. The Kier molecular flexibility index (Phi) is 7.78. The Labute approximate surface area is 322 Å². The SMILES string of the molecule is CC(C)(C)c1ccc(-c2cccc(-c3ccc4c(c3)c3ccccc3n4-c3ccc(-c4c5ccccc5c(-c5ccccc5)c5ccccc45)cc3)c2)cc1. The zero-order valence-corrected chi connectivity index (χ0v) is 31.4. The summed E-state index contributed by atoms with van der Waals surface area (Å²) in [6, 6.07) is 71.5. The van der Waals surface area contributed by atoms with E-state index in [0.717, 1.165) is 5.69 Å². The summed E-state index contributed by atoms with van der Waals surface area (Å²) in [4.78, 5) is 0. The van der Waals surface area contributed by atoms with Crippen LogP contribution in [0.4, 0.5) is 0 Å². The van der Waals surface area contributed by atoms with Crippen LogP contribution < -0.4 is 0 Å². The Balaban J connectivity index is 1.07. The Hall–Kier alpha value is -6.70. The van der Waals surface area contributed by atoms with Crippen LogP contribution in [0.5, 0.6) is 0 Å². The number of rotatable bonds is 5. The van der Waals surface area contributed by atoms with Crippen molar-refractivity contribution < 1.29 is 0 Å². The second kappa shape index (κ2) is 13.0. The van der Waals surface area contributed by atoms with Crippen molar-refractivity contribution in [3.05, 3.63) is 200 Å². The van der Waals surface area contributed by atoms with Gasteiger partial charge < -0.3 is 4.57 Å². The molecule has 55 heavy (non-hydrogen) atoms. The molecular formula is C54H41N. The predicted molar refractivity (Wildman–Crippen MR) is 236 cm³/mol. The summed E-state index contributed by atoms with van der Waals surface area (Å²) in [6.07, 6.45) is 0. The summed E-state index contributed by atoms with van der Waals surface area (Å²) >= 11 is 0. The second-order valence-electron chi connectivity index (χ2n) is 15.7. The van der Waals surface area contributed by atoms with Gasteiger partial charge in [0.05, 0.1) is 11.0 Å². The normalized spacial score (nSPS) is 11.9. The molecule has 10 rings (SSSR count). The van der Waals surface area contributed by atoms with Crippen molar-refractivity contribution in [2.75, 3.05) is 0 Å². The zero-order valence-electron chi connectivity index (χ0n) is 31.4. The molecule has 10 aromatic rings. The van der Waals surface area contributed by atoms with E-state index in [1.807, 2.05) is 0 Å². The molecule has 0 radical (unpaired) electrons. The number of aromatic nitrogens is 1. The molecule has 0 amide bonds. The molecule has 0 saturated carbocycles. The van der Waals surface area contributed by atoms with Gasteiger partial charge in [-0.3, -0.25) is 0 Å². The van der Waals surface area contributed by atoms with Crippen molar-refractivity contribution in [3.63, 3.8) is 0 Å². The van der Waals surface area contributed by atoms with Crippen LogP contribution in [0.1, 0.15) is 26.3 Å². The highest BCUT2D eigenvalue weighted by atomic mass is 15.0. The van der Waals surface area contributed by atoms with E-state index < -0.39 is 0 Å². The van der Waals surface area contributed by atoms with Crippen LogP contribution in [-0.4, -0.2) is 4.57 Å². The maximum atomic E-state index is 2.42. The molecule has 0 spiro atoms. The van der Waals surface area contributed by atoms with Crippen LogP contribution in [0.2, 0.25) is 0 Å². The number of benzene rings is 9. The molecule has 0 aliphatic carbocycles. The highest BCUT2D eigenvalue weighted by molar-refractivity contribution is 6.21. The standard InChI is InChI=1S/C54H41N/c1-54(2,3)42-29-24-36(25-30-42)39-16-13-17-40(34-39)41-28-33-51-49(35-41)44-18-11-12-23-50(44)55(51)43-31-26-38(27-32-43)53-47-21-9-7-19-45(47)52(37-14-5-4-6-15-37)46-20-8-10-22-48(46)53/h4-35H,1-3H3. The van der Waals surface area contributed by atoms with Gasteiger partial charge >= 0.3 is 0 Å². The van der Waals surface area contributed by atoms with Gasteiger partial charge in [0, 0.05) is 16.5 Å². The average molecular weight is 704 g/mol. The van der Waals surface area contributed by atoms with E-state index in [9.17, 15) is 0 Å². The van der Waals surface area contributed by atoms with Gasteiger partial charge in [-0.05, 0) is 113 Å². The molecule has 0 atom stereocenters. The summed E-state index contributed by atoms with van der Waals surface area (Å²) in [5.74, 6) is 0. The zero-order chi connectivity index (χ0) is 37.1. The maximum absolute atomic E-state index is 2.42. The third kappa shape index (κ3) is 5.63. The lowest BCUT2D eigenvalue weighted by Crippen LogP contribution is -2.10. The maximum Gasteiger partial charge on any atom is 0.0541 e. The van der Waals surface area contributed by atoms with Gasteiger partial charge in [0.1, 0.15) is 0 Å². The van der Waals surface area contributed by atoms with Crippen molar-refractivity contribution in [2.24, 2.45) is 0 Å². The van der Waals surface area contributed by atoms with Gasteiger partial charge in [-0.1, -0.05) is 178 Å². The lowest BCUT2D eigenvalue weighted by atomic mass is 9.86. The van der Waals surface area contributed by atoms with Gasteiger partial charge in [-0.15, -0.1) is 0 Å². The Morgan fingerprint density at radius 1 is 0.309 bits per heavy atom. The van der Waals surface area contributed by atoms with Crippen LogP contribution in [0.3, 0.4) is 0 Å². The van der Waals surface area contributed by atoms with Crippen molar-refractivity contribution in [1.82, 2.24) is 4.57 Å². The van der Waals surface area contributed by atoms with Crippen molar-refractivity contribution in [1.29, 1.82) is 0 Å². The van der Waals surface area contributed by atoms with Gasteiger partial charge in [-0.2, -0.15) is 0 Å². The van der Waals surface area contributed by atoms with Crippen molar-refractivity contribution >= 4 is 43.4 Å². The van der Waals surface area contributed by atoms with Gasteiger partial charge in [0.25, 0.3) is 0 Å². The Morgan fingerprint density at radius 2 is 0.745 bits per heavy atom. The number of nitrogens with zero attached hydrogens (tertiary/aromatic N) is 1. The molecule has 0 aliphatic heterocycles. The van der Waals surface area contributed by atoms with E-state index in [1.54, 1.807) is 0 Å². The van der Waals surface area contributed by atoms with Crippen LogP contribution >= 0.6 is 0 Å². The number of hydrogen-bond donors (Lipinski definition) is 0. The smallest absolute Gasteiger partial charge is 0.0541 e. The Bertz CT molecular complexity index is 2970. The highest BCUT2D eigenvalue weighted by Crippen LogP contribution is 2.44. The minimum atomic E-state index is 0.135. The van der Waals surface area contributed by atoms with E-state index in [0.29, 0.717) is 0 Å². The van der Waals surface area contributed by atoms with E-state index in [1.165, 1.54) is 93.4 Å². The average Bonchev–Trinajstić information content (AvgIpc) is 3.56. The molecule has 0 fully saturated rings. The first-order chi connectivity index (χ1) is 26.9. The molecular weight excluding hydrogens is 663 g/mol. The predicted octanol–water partition coefficient (Wildman–Crippen LogP) is 15.1. The summed E-state index contributed by atoms with van der Waals surface area (Å²) in [7, 11) is 0. The number of fused-ring (bicyclic) bond motifs is 5. The monoisotopic (exact) mass is 703 g/mol.